The number of aromatic nitrogens is 2. The summed E-state index contributed by atoms with van der Waals surface area (Å²) < 4.78 is 1.25. The van der Waals surface area contributed by atoms with Crippen LogP contribution in [0.2, 0.25) is 5.02 Å². The number of nitrogens with zero attached hydrogens (tertiary/aromatic N) is 3. The molecule has 0 aliphatic rings. The van der Waals surface area contributed by atoms with Crippen molar-refractivity contribution in [2.75, 3.05) is 23.5 Å². The summed E-state index contributed by atoms with van der Waals surface area (Å²) in [5, 5.41) is 4.25. The second-order valence-electron chi connectivity index (χ2n) is 4.22. The smallest absolute Gasteiger partial charge is 0.287 e. The van der Waals surface area contributed by atoms with Gasteiger partial charge in [-0.05, 0) is 24.9 Å². The van der Waals surface area contributed by atoms with Crippen molar-refractivity contribution in [3.8, 4) is 0 Å². The van der Waals surface area contributed by atoms with Gasteiger partial charge in [-0.3, -0.25) is 4.79 Å². The number of halogens is 1. The van der Waals surface area contributed by atoms with E-state index >= 15 is 0 Å². The van der Waals surface area contributed by atoms with Gasteiger partial charge in [-0.1, -0.05) is 18.5 Å². The van der Waals surface area contributed by atoms with Gasteiger partial charge in [-0.2, -0.15) is 16.9 Å². The second-order valence-corrected chi connectivity index (χ2v) is 5.99. The predicted molar refractivity (Wildman–Crippen MR) is 80.0 cm³/mol. The number of rotatable bonds is 6. The highest BCUT2D eigenvalue weighted by molar-refractivity contribution is 7.99. The largest absolute Gasteiger partial charge is 0.369 e. The number of aryl methyl sites for hydroxylation is 1. The molecule has 4 nitrogen and oxygen atoms in total. The molecule has 0 N–H and O–H groups in total. The Bertz CT molecular complexity index is 449. The fourth-order valence-electron chi connectivity index (χ4n) is 1.58. The van der Waals surface area contributed by atoms with Crippen LogP contribution in [0.5, 0.6) is 0 Å². The topological polar surface area (TPSA) is 38.1 Å². The lowest BCUT2D eigenvalue weighted by molar-refractivity contribution is 0.655. The average Bonchev–Trinajstić information content (AvgIpc) is 2.35. The van der Waals surface area contributed by atoms with Gasteiger partial charge in [0.1, 0.15) is 5.02 Å². The number of hydrogen-bond acceptors (Lipinski definition) is 4. The van der Waals surface area contributed by atoms with Crippen LogP contribution in [-0.2, 0) is 7.05 Å². The quantitative estimate of drug-likeness (QED) is 0.754. The van der Waals surface area contributed by atoms with Crippen LogP contribution >= 0.6 is 23.4 Å². The average molecular weight is 290 g/mol. The van der Waals surface area contributed by atoms with E-state index < -0.39 is 0 Å². The van der Waals surface area contributed by atoms with E-state index in [4.69, 9.17) is 11.6 Å². The van der Waals surface area contributed by atoms with Gasteiger partial charge in [-0.15, -0.1) is 0 Å². The van der Waals surface area contributed by atoms with Crippen LogP contribution in [0.4, 0.5) is 5.69 Å². The SMILES string of the molecule is CCSCC[C@@H](C)N(C)c1cnn(C)c(=O)c1Cl. The van der Waals surface area contributed by atoms with Crippen LogP contribution in [0.1, 0.15) is 20.3 Å². The molecule has 0 unspecified atom stereocenters. The van der Waals surface area contributed by atoms with Crippen LogP contribution in [-0.4, -0.2) is 34.4 Å². The van der Waals surface area contributed by atoms with E-state index in [-0.39, 0.29) is 10.6 Å². The molecule has 0 spiro atoms. The number of thioether (sulfide) groups is 1. The maximum Gasteiger partial charge on any atom is 0.287 e. The van der Waals surface area contributed by atoms with Crippen molar-refractivity contribution in [1.29, 1.82) is 0 Å². The van der Waals surface area contributed by atoms with Gasteiger partial charge in [0.2, 0.25) is 0 Å². The molecule has 0 aliphatic heterocycles. The Morgan fingerprint density at radius 1 is 1.61 bits per heavy atom. The van der Waals surface area contributed by atoms with E-state index in [0.717, 1.165) is 17.9 Å². The van der Waals surface area contributed by atoms with Crippen molar-refractivity contribution in [2.45, 2.75) is 26.3 Å². The standard InChI is InChI=1S/C12H20ClN3OS/c1-5-18-7-6-9(2)15(3)10-8-14-16(4)12(17)11(10)13/h8-9H,5-7H2,1-4H3/t9-/m1/s1. The van der Waals surface area contributed by atoms with Crippen molar-refractivity contribution < 1.29 is 0 Å². The molecular formula is C12H20ClN3OS. The molecule has 18 heavy (non-hydrogen) atoms. The maximum atomic E-state index is 11.7. The lowest BCUT2D eigenvalue weighted by Crippen LogP contribution is -2.32. The highest BCUT2D eigenvalue weighted by atomic mass is 35.5. The molecular weight excluding hydrogens is 270 g/mol. The van der Waals surface area contributed by atoms with Crippen molar-refractivity contribution in [1.82, 2.24) is 9.78 Å². The molecule has 0 saturated heterocycles. The predicted octanol–water partition coefficient (Wildman–Crippen LogP) is 2.40. The molecule has 0 aromatic carbocycles. The van der Waals surface area contributed by atoms with E-state index in [9.17, 15) is 4.79 Å². The third-order valence-electron chi connectivity index (χ3n) is 2.99. The van der Waals surface area contributed by atoms with E-state index in [1.807, 2.05) is 23.7 Å². The van der Waals surface area contributed by atoms with Gasteiger partial charge >= 0.3 is 0 Å². The minimum absolute atomic E-state index is 0.241. The Labute approximate surface area is 117 Å². The zero-order chi connectivity index (χ0) is 13.7. The fourth-order valence-corrected chi connectivity index (χ4v) is 2.68. The van der Waals surface area contributed by atoms with Crippen molar-refractivity contribution in [3.63, 3.8) is 0 Å². The highest BCUT2D eigenvalue weighted by Crippen LogP contribution is 2.22. The Morgan fingerprint density at radius 2 is 2.28 bits per heavy atom. The second kappa shape index (κ2) is 7.04. The Hall–Kier alpha value is -0.680. The molecule has 0 radical (unpaired) electrons. The van der Waals surface area contributed by atoms with Gasteiger partial charge in [0.15, 0.2) is 0 Å². The Morgan fingerprint density at radius 3 is 2.89 bits per heavy atom. The summed E-state index contributed by atoms with van der Waals surface area (Å²) in [6.45, 7) is 4.28. The fraction of sp³-hybridized carbons (Fsp3) is 0.667. The zero-order valence-corrected chi connectivity index (χ0v) is 12.9. The molecule has 1 aromatic heterocycles. The van der Waals surface area contributed by atoms with Crippen molar-refractivity contribution in [2.24, 2.45) is 7.05 Å². The molecule has 0 amide bonds. The molecule has 1 aromatic rings. The first kappa shape index (κ1) is 15.4. The lowest BCUT2D eigenvalue weighted by atomic mass is 10.2. The summed E-state index contributed by atoms with van der Waals surface area (Å²) in [7, 11) is 3.54. The van der Waals surface area contributed by atoms with Gasteiger partial charge < -0.3 is 4.90 Å². The van der Waals surface area contributed by atoms with Crippen LogP contribution in [0.15, 0.2) is 11.0 Å². The first-order valence-electron chi connectivity index (χ1n) is 6.01. The number of hydrogen-bond donors (Lipinski definition) is 0. The molecule has 0 fully saturated rings. The van der Waals surface area contributed by atoms with Crippen LogP contribution in [0.3, 0.4) is 0 Å². The van der Waals surface area contributed by atoms with Crippen LogP contribution < -0.4 is 10.5 Å². The maximum absolute atomic E-state index is 11.7. The molecule has 1 heterocycles. The van der Waals surface area contributed by atoms with Gasteiger partial charge in [0.25, 0.3) is 5.56 Å². The third kappa shape index (κ3) is 3.65. The van der Waals surface area contributed by atoms with Crippen molar-refractivity contribution >= 4 is 29.1 Å². The Balaban J connectivity index is 2.80. The highest BCUT2D eigenvalue weighted by Gasteiger charge is 2.16. The molecule has 1 rings (SSSR count). The van der Waals surface area contributed by atoms with Gasteiger partial charge in [-0.25, -0.2) is 4.68 Å². The summed E-state index contributed by atoms with van der Waals surface area (Å²) >= 11 is 8.00. The zero-order valence-electron chi connectivity index (χ0n) is 11.3. The van der Waals surface area contributed by atoms with E-state index in [2.05, 4.69) is 18.9 Å². The summed E-state index contributed by atoms with van der Waals surface area (Å²) in [5.41, 5.74) is 0.449. The molecule has 1 atom stereocenters. The third-order valence-corrected chi connectivity index (χ3v) is 4.27. The summed E-state index contributed by atoms with van der Waals surface area (Å²) in [6, 6.07) is 0.329. The first-order valence-corrected chi connectivity index (χ1v) is 7.54. The summed E-state index contributed by atoms with van der Waals surface area (Å²) in [5.74, 6) is 2.24. The normalized spacial score (nSPS) is 12.5. The van der Waals surface area contributed by atoms with Crippen LogP contribution in [0, 0.1) is 0 Å². The van der Waals surface area contributed by atoms with Crippen LogP contribution in [0.25, 0.3) is 0 Å². The van der Waals surface area contributed by atoms with Crippen molar-refractivity contribution in [3.05, 3.63) is 21.6 Å². The minimum atomic E-state index is -0.254. The van der Waals surface area contributed by atoms with Gasteiger partial charge in [0.05, 0.1) is 11.9 Å². The number of anilines is 1. The van der Waals surface area contributed by atoms with E-state index in [0.29, 0.717) is 11.7 Å². The summed E-state index contributed by atoms with van der Waals surface area (Å²) in [6.07, 6.45) is 2.70. The van der Waals surface area contributed by atoms with E-state index in [1.54, 1.807) is 13.2 Å². The monoisotopic (exact) mass is 289 g/mol. The minimum Gasteiger partial charge on any atom is -0.369 e. The van der Waals surface area contributed by atoms with Gasteiger partial charge in [0, 0.05) is 20.1 Å². The van der Waals surface area contributed by atoms with E-state index in [1.165, 1.54) is 4.68 Å². The molecule has 0 saturated carbocycles. The lowest BCUT2D eigenvalue weighted by Gasteiger charge is -2.27. The summed E-state index contributed by atoms with van der Waals surface area (Å²) in [4.78, 5) is 13.7. The molecule has 6 heteroatoms. The molecule has 0 aliphatic carbocycles. The molecule has 0 bridgehead atoms. The first-order chi connectivity index (χ1) is 8.49. The molecule has 102 valence electrons. The Kier molecular flexibility index (Phi) is 6.02.